The molecule has 0 aliphatic heterocycles. The molecule has 0 radical (unpaired) electrons. The lowest BCUT2D eigenvalue weighted by Gasteiger charge is -2.10. The van der Waals surface area contributed by atoms with Gasteiger partial charge in [-0.1, -0.05) is 13.0 Å². The van der Waals surface area contributed by atoms with Gasteiger partial charge in [0.25, 0.3) is 0 Å². The fraction of sp³-hybridized carbons (Fsp3) is 0.286. The second-order valence-corrected chi connectivity index (χ2v) is 4.19. The summed E-state index contributed by atoms with van der Waals surface area (Å²) in [6, 6.07) is 8.55. The lowest BCUT2D eigenvalue weighted by molar-refractivity contribution is -0.385. The molecule has 2 aromatic rings. The van der Waals surface area contributed by atoms with Crippen LogP contribution >= 0.6 is 0 Å². The molecule has 0 aliphatic carbocycles. The number of furan rings is 1. The summed E-state index contributed by atoms with van der Waals surface area (Å²) in [4.78, 5) is 10.8. The zero-order chi connectivity index (χ0) is 14.4. The predicted molar refractivity (Wildman–Crippen MR) is 74.9 cm³/mol. The minimum absolute atomic E-state index is 0.0486. The second-order valence-electron chi connectivity index (χ2n) is 4.19. The highest BCUT2D eigenvalue weighted by Gasteiger charge is 2.20. The number of ether oxygens (including phenoxy) is 1. The first-order valence-corrected chi connectivity index (χ1v) is 6.38. The van der Waals surface area contributed by atoms with E-state index >= 15 is 0 Å². The molecule has 106 valence electrons. The maximum Gasteiger partial charge on any atom is 0.333 e. The van der Waals surface area contributed by atoms with E-state index in [-0.39, 0.29) is 11.4 Å². The number of nitro groups is 1. The third-order valence-corrected chi connectivity index (χ3v) is 2.68. The van der Waals surface area contributed by atoms with E-state index < -0.39 is 4.92 Å². The Kier molecular flexibility index (Phi) is 4.60. The number of rotatable bonds is 7. The third kappa shape index (κ3) is 3.28. The summed E-state index contributed by atoms with van der Waals surface area (Å²) in [5.41, 5.74) is 0.368. The summed E-state index contributed by atoms with van der Waals surface area (Å²) in [6.45, 7) is 2.78. The Morgan fingerprint density at radius 3 is 2.85 bits per heavy atom. The van der Waals surface area contributed by atoms with Gasteiger partial charge in [0.1, 0.15) is 11.4 Å². The average molecular weight is 276 g/mol. The zero-order valence-corrected chi connectivity index (χ0v) is 11.2. The van der Waals surface area contributed by atoms with Gasteiger partial charge >= 0.3 is 5.69 Å². The van der Waals surface area contributed by atoms with E-state index in [1.54, 1.807) is 36.6 Å². The molecule has 0 saturated heterocycles. The van der Waals surface area contributed by atoms with Gasteiger partial charge in [-0.2, -0.15) is 0 Å². The number of nitro benzene ring substituents is 1. The molecule has 0 bridgehead atoms. The highest BCUT2D eigenvalue weighted by atomic mass is 16.6. The second kappa shape index (κ2) is 6.60. The van der Waals surface area contributed by atoms with Crippen molar-refractivity contribution in [2.75, 3.05) is 11.9 Å². The summed E-state index contributed by atoms with van der Waals surface area (Å²) >= 11 is 0. The van der Waals surface area contributed by atoms with Crippen molar-refractivity contribution in [3.63, 3.8) is 0 Å². The smallest absolute Gasteiger partial charge is 0.333 e. The molecule has 0 atom stereocenters. The third-order valence-electron chi connectivity index (χ3n) is 2.68. The van der Waals surface area contributed by atoms with Gasteiger partial charge in [-0.05, 0) is 30.7 Å². The van der Waals surface area contributed by atoms with E-state index in [0.29, 0.717) is 24.6 Å². The molecule has 0 aliphatic rings. The Bertz CT molecular complexity index is 567. The molecule has 0 fully saturated rings. The highest BCUT2D eigenvalue weighted by Crippen LogP contribution is 2.35. The van der Waals surface area contributed by atoms with Crippen LogP contribution in [0.2, 0.25) is 0 Å². The van der Waals surface area contributed by atoms with Crippen molar-refractivity contribution in [3.8, 4) is 5.75 Å². The molecule has 6 nitrogen and oxygen atoms in total. The molecule has 1 aromatic carbocycles. The molecule has 0 unspecified atom stereocenters. The lowest BCUT2D eigenvalue weighted by Crippen LogP contribution is -2.05. The Balaban J connectivity index is 2.20. The van der Waals surface area contributed by atoms with Crippen LogP contribution in [-0.2, 0) is 6.54 Å². The molecular formula is C14H16N2O4. The summed E-state index contributed by atoms with van der Waals surface area (Å²) in [5.74, 6) is 0.987. The molecule has 0 spiro atoms. The van der Waals surface area contributed by atoms with Gasteiger partial charge in [-0.3, -0.25) is 10.1 Å². The molecule has 0 saturated carbocycles. The lowest BCUT2D eigenvalue weighted by atomic mass is 10.2. The van der Waals surface area contributed by atoms with E-state index in [0.717, 1.165) is 6.42 Å². The van der Waals surface area contributed by atoms with Crippen molar-refractivity contribution in [2.24, 2.45) is 0 Å². The normalized spacial score (nSPS) is 10.2. The minimum Gasteiger partial charge on any atom is -0.487 e. The predicted octanol–water partition coefficient (Wildman–Crippen LogP) is 3.59. The van der Waals surface area contributed by atoms with Gasteiger partial charge in [0, 0.05) is 0 Å². The average Bonchev–Trinajstić information content (AvgIpc) is 2.95. The SMILES string of the molecule is CCCOc1cccc(NCc2ccco2)c1[N+](=O)[O-]. The Labute approximate surface area is 116 Å². The van der Waals surface area contributed by atoms with Gasteiger partial charge in [0.15, 0.2) is 5.75 Å². The van der Waals surface area contributed by atoms with Crippen LogP contribution < -0.4 is 10.1 Å². The largest absolute Gasteiger partial charge is 0.487 e. The Morgan fingerprint density at radius 2 is 2.20 bits per heavy atom. The maximum atomic E-state index is 11.2. The first kappa shape index (κ1) is 13.9. The van der Waals surface area contributed by atoms with E-state index in [1.807, 2.05) is 6.92 Å². The molecule has 1 heterocycles. The van der Waals surface area contributed by atoms with Crippen LogP contribution in [0, 0.1) is 10.1 Å². The van der Waals surface area contributed by atoms with Gasteiger partial charge in [0.05, 0.1) is 24.3 Å². The van der Waals surface area contributed by atoms with E-state index in [9.17, 15) is 10.1 Å². The van der Waals surface area contributed by atoms with Crippen molar-refractivity contribution in [2.45, 2.75) is 19.9 Å². The molecule has 6 heteroatoms. The van der Waals surface area contributed by atoms with Crippen molar-refractivity contribution < 1.29 is 14.1 Å². The van der Waals surface area contributed by atoms with Crippen LogP contribution in [0.4, 0.5) is 11.4 Å². The van der Waals surface area contributed by atoms with Crippen LogP contribution in [0.5, 0.6) is 5.75 Å². The minimum atomic E-state index is -0.435. The summed E-state index contributed by atoms with van der Waals surface area (Å²) in [7, 11) is 0. The van der Waals surface area contributed by atoms with Crippen molar-refractivity contribution >= 4 is 11.4 Å². The van der Waals surface area contributed by atoms with Gasteiger partial charge in [0.2, 0.25) is 0 Å². The summed E-state index contributed by atoms with van der Waals surface area (Å²) in [6.07, 6.45) is 2.35. The number of para-hydroxylation sites is 1. The monoisotopic (exact) mass is 276 g/mol. The van der Waals surface area contributed by atoms with E-state index in [1.165, 1.54) is 0 Å². The summed E-state index contributed by atoms with van der Waals surface area (Å²) < 4.78 is 10.6. The quantitative estimate of drug-likeness (QED) is 0.617. The van der Waals surface area contributed by atoms with E-state index in [2.05, 4.69) is 5.32 Å². The number of hydrogen-bond acceptors (Lipinski definition) is 5. The molecule has 1 aromatic heterocycles. The number of nitrogens with zero attached hydrogens (tertiary/aromatic N) is 1. The highest BCUT2D eigenvalue weighted by molar-refractivity contribution is 5.68. The first-order valence-electron chi connectivity index (χ1n) is 6.38. The summed E-state index contributed by atoms with van der Waals surface area (Å²) in [5, 5.41) is 14.2. The number of anilines is 1. The van der Waals surface area contributed by atoms with Gasteiger partial charge in [-0.15, -0.1) is 0 Å². The number of nitrogens with one attached hydrogen (secondary N) is 1. The number of hydrogen-bond donors (Lipinski definition) is 1. The molecular weight excluding hydrogens is 260 g/mol. The van der Waals surface area contributed by atoms with Crippen LogP contribution in [0.25, 0.3) is 0 Å². The van der Waals surface area contributed by atoms with Crippen LogP contribution in [0.3, 0.4) is 0 Å². The van der Waals surface area contributed by atoms with Crippen molar-refractivity contribution in [3.05, 3.63) is 52.5 Å². The van der Waals surface area contributed by atoms with Crippen molar-refractivity contribution in [1.29, 1.82) is 0 Å². The Hall–Kier alpha value is -2.50. The fourth-order valence-corrected chi connectivity index (χ4v) is 1.78. The van der Waals surface area contributed by atoms with E-state index in [4.69, 9.17) is 9.15 Å². The topological polar surface area (TPSA) is 77.5 Å². The number of benzene rings is 1. The molecule has 1 N–H and O–H groups in total. The van der Waals surface area contributed by atoms with Crippen LogP contribution in [-0.4, -0.2) is 11.5 Å². The van der Waals surface area contributed by atoms with Gasteiger partial charge in [-0.25, -0.2) is 0 Å². The first-order chi connectivity index (χ1) is 9.72. The van der Waals surface area contributed by atoms with Gasteiger partial charge < -0.3 is 14.5 Å². The van der Waals surface area contributed by atoms with Crippen molar-refractivity contribution in [1.82, 2.24) is 0 Å². The molecule has 20 heavy (non-hydrogen) atoms. The van der Waals surface area contributed by atoms with Crippen LogP contribution in [0.15, 0.2) is 41.0 Å². The maximum absolute atomic E-state index is 11.2. The van der Waals surface area contributed by atoms with Crippen LogP contribution in [0.1, 0.15) is 19.1 Å². The molecule has 0 amide bonds. The fourth-order valence-electron chi connectivity index (χ4n) is 1.78. The standard InChI is InChI=1S/C14H16N2O4/c1-2-8-20-13-7-3-6-12(14(13)16(17)18)15-10-11-5-4-9-19-11/h3-7,9,15H,2,8,10H2,1H3. The zero-order valence-electron chi connectivity index (χ0n) is 11.2. The molecule has 2 rings (SSSR count). The Morgan fingerprint density at radius 1 is 1.35 bits per heavy atom.